The molecule has 0 unspecified atom stereocenters. The molecule has 0 aliphatic rings. The summed E-state index contributed by atoms with van der Waals surface area (Å²) >= 11 is 0. The van der Waals surface area contributed by atoms with Crippen LogP contribution in [0.25, 0.3) is 0 Å². The molecule has 0 saturated carbocycles. The lowest BCUT2D eigenvalue weighted by Gasteiger charge is -2.19. The van der Waals surface area contributed by atoms with Crippen LogP contribution in [0.1, 0.15) is 27.7 Å². The van der Waals surface area contributed by atoms with Gasteiger partial charge in [0.2, 0.25) is 0 Å². The van der Waals surface area contributed by atoms with Crippen molar-refractivity contribution in [2.45, 2.75) is 33.5 Å². The molecule has 0 N–H and O–H groups in total. The van der Waals surface area contributed by atoms with E-state index in [9.17, 15) is 4.79 Å². The van der Waals surface area contributed by atoms with Crippen LogP contribution in [-0.4, -0.2) is 53.6 Å². The average Bonchev–Trinajstić information content (AvgIpc) is 2.40. The van der Waals surface area contributed by atoms with Crippen LogP contribution in [0.5, 0.6) is 0 Å². The molecular weight excluding hydrogens is 240 g/mol. The van der Waals surface area contributed by atoms with E-state index in [0.29, 0.717) is 0 Å². The molecule has 0 atom stereocenters. The number of hydrogen-bond donors (Lipinski definition) is 0. The molecule has 0 saturated heterocycles. The second kappa shape index (κ2) is 16.1. The van der Waals surface area contributed by atoms with Crippen molar-refractivity contribution in [3.63, 3.8) is 0 Å². The van der Waals surface area contributed by atoms with Crippen LogP contribution in [0.3, 0.4) is 0 Å². The lowest BCUT2D eigenvalue weighted by molar-refractivity contribution is -0.178. The van der Waals surface area contributed by atoms with Gasteiger partial charge in [-0.15, -0.1) is 0 Å². The van der Waals surface area contributed by atoms with E-state index in [-0.39, 0.29) is 0 Å². The molecule has 0 fully saturated rings. The van der Waals surface area contributed by atoms with Crippen LogP contribution in [0, 0.1) is 0 Å². The molecule has 6 nitrogen and oxygen atoms in total. The zero-order valence-corrected chi connectivity index (χ0v) is 12.9. The highest BCUT2D eigenvalue weighted by Crippen LogP contribution is 2.05. The first-order valence-electron chi connectivity index (χ1n) is 5.65. The summed E-state index contributed by atoms with van der Waals surface area (Å²) in [5, 5.41) is 0. The third-order valence-corrected chi connectivity index (χ3v) is 1.72. The van der Waals surface area contributed by atoms with E-state index in [0.717, 1.165) is 13.2 Å². The van der Waals surface area contributed by atoms with E-state index in [2.05, 4.69) is 9.47 Å². The summed E-state index contributed by atoms with van der Waals surface area (Å²) in [7, 11) is 5.74. The Hall–Kier alpha value is -0.850. The van der Waals surface area contributed by atoms with E-state index >= 15 is 0 Å². The van der Waals surface area contributed by atoms with Crippen LogP contribution in [0.4, 0.5) is 4.79 Å². The molecule has 0 aliphatic carbocycles. The molecule has 0 aromatic carbocycles. The van der Waals surface area contributed by atoms with Crippen molar-refractivity contribution in [3.8, 4) is 0 Å². The Morgan fingerprint density at radius 3 is 1.22 bits per heavy atom. The van der Waals surface area contributed by atoms with Crippen molar-refractivity contribution in [2.24, 2.45) is 0 Å². The fraction of sp³-hybridized carbons (Fsp3) is 0.917. The minimum Gasteiger partial charge on any atom is -0.438 e. The first kappa shape index (κ1) is 22.3. The third kappa shape index (κ3) is 24.4. The molecule has 18 heavy (non-hydrogen) atoms. The summed E-state index contributed by atoms with van der Waals surface area (Å²) in [6.07, 6.45) is -0.657. The maximum Gasteiger partial charge on any atom is 0.507 e. The van der Waals surface area contributed by atoms with E-state index in [1.807, 2.05) is 27.7 Å². The predicted octanol–water partition coefficient (Wildman–Crippen LogP) is 2.46. The van der Waals surface area contributed by atoms with E-state index in [4.69, 9.17) is 14.2 Å². The van der Waals surface area contributed by atoms with Crippen molar-refractivity contribution in [1.82, 2.24) is 0 Å². The number of ether oxygens (including phenoxy) is 5. The summed E-state index contributed by atoms with van der Waals surface area (Å²) in [4.78, 5) is 9.74. The fourth-order valence-electron chi connectivity index (χ4n) is 0.371. The Morgan fingerprint density at radius 1 is 0.889 bits per heavy atom. The molecule has 0 spiro atoms. The van der Waals surface area contributed by atoms with Crippen LogP contribution < -0.4 is 0 Å². The molecule has 0 aliphatic heterocycles. The Kier molecular flexibility index (Phi) is 20.0. The number of hydrogen-bond acceptors (Lipinski definition) is 6. The predicted molar refractivity (Wildman–Crippen MR) is 69.7 cm³/mol. The van der Waals surface area contributed by atoms with Gasteiger partial charge in [-0.05, 0) is 27.7 Å². The first-order chi connectivity index (χ1) is 8.34. The van der Waals surface area contributed by atoms with Gasteiger partial charge in [0, 0.05) is 27.4 Å². The number of methoxy groups -OCH3 is 4. The van der Waals surface area contributed by atoms with Gasteiger partial charge in [-0.2, -0.15) is 0 Å². The van der Waals surface area contributed by atoms with Gasteiger partial charge in [0.05, 0.1) is 14.2 Å². The molecule has 0 aromatic heterocycles. The normalized spacial score (nSPS) is 9.33. The lowest BCUT2D eigenvalue weighted by Crippen LogP contribution is -2.24. The Balaban J connectivity index is -0.000000190. The highest BCUT2D eigenvalue weighted by Gasteiger charge is 2.11. The van der Waals surface area contributed by atoms with Gasteiger partial charge in [-0.25, -0.2) is 4.79 Å². The zero-order chi connectivity index (χ0) is 15.0. The van der Waals surface area contributed by atoms with Gasteiger partial charge in [0.25, 0.3) is 0 Å². The molecule has 6 heteroatoms. The van der Waals surface area contributed by atoms with E-state index in [1.165, 1.54) is 14.2 Å². The van der Waals surface area contributed by atoms with Crippen LogP contribution >= 0.6 is 0 Å². The minimum absolute atomic E-state index is 0.417. The van der Waals surface area contributed by atoms with E-state index < -0.39 is 11.9 Å². The van der Waals surface area contributed by atoms with Gasteiger partial charge in [-0.3, -0.25) is 0 Å². The topological polar surface area (TPSA) is 63.2 Å². The van der Waals surface area contributed by atoms with Gasteiger partial charge in [-0.1, -0.05) is 0 Å². The second-order valence-electron chi connectivity index (χ2n) is 3.25. The maximum atomic E-state index is 9.74. The largest absolute Gasteiger partial charge is 0.507 e. The first-order valence-corrected chi connectivity index (χ1v) is 5.65. The smallest absolute Gasteiger partial charge is 0.438 e. The van der Waals surface area contributed by atoms with Gasteiger partial charge >= 0.3 is 6.16 Å². The van der Waals surface area contributed by atoms with E-state index in [1.54, 1.807) is 14.2 Å². The Labute approximate surface area is 110 Å². The van der Waals surface area contributed by atoms with Crippen molar-refractivity contribution >= 4 is 6.16 Å². The fourth-order valence-corrected chi connectivity index (χ4v) is 0.371. The molecule has 0 radical (unpaired) electrons. The van der Waals surface area contributed by atoms with Crippen molar-refractivity contribution in [3.05, 3.63) is 0 Å². The number of carbonyl (C=O) groups is 1. The maximum absolute atomic E-state index is 9.74. The summed E-state index contributed by atoms with van der Waals surface area (Å²) in [6.45, 7) is 9.38. The van der Waals surface area contributed by atoms with Crippen molar-refractivity contribution < 1.29 is 28.5 Å². The van der Waals surface area contributed by atoms with Crippen molar-refractivity contribution in [2.75, 3.05) is 41.7 Å². The average molecular weight is 268 g/mol. The SMILES string of the molecule is CCOCC.COC(=O)OC.COC(C)(C)OC. The molecule has 112 valence electrons. The Morgan fingerprint density at radius 2 is 1.22 bits per heavy atom. The van der Waals surface area contributed by atoms with Gasteiger partial charge in [0.15, 0.2) is 5.79 Å². The summed E-state index contributed by atoms with van der Waals surface area (Å²) < 4.78 is 22.6. The third-order valence-electron chi connectivity index (χ3n) is 1.72. The molecule has 0 rings (SSSR count). The highest BCUT2D eigenvalue weighted by atomic mass is 16.7. The van der Waals surface area contributed by atoms with Gasteiger partial charge in [0.1, 0.15) is 0 Å². The number of carbonyl (C=O) groups excluding carboxylic acids is 1. The molecule has 0 heterocycles. The lowest BCUT2D eigenvalue weighted by atomic mass is 10.4. The highest BCUT2D eigenvalue weighted by molar-refractivity contribution is 5.59. The Bertz CT molecular complexity index is 156. The van der Waals surface area contributed by atoms with Crippen LogP contribution in [0.2, 0.25) is 0 Å². The standard InChI is InChI=1S/C5H12O2.C4H10O.C3H6O3/c1-5(2,6-3)7-4;1-3-5-4-2;1-5-3(4)6-2/h1-4H3;3-4H2,1-2H3;1-2H3. The monoisotopic (exact) mass is 268 g/mol. The summed E-state index contributed by atoms with van der Waals surface area (Å²) in [6, 6.07) is 0. The summed E-state index contributed by atoms with van der Waals surface area (Å²) in [5.74, 6) is -0.417. The quantitative estimate of drug-likeness (QED) is 0.576. The van der Waals surface area contributed by atoms with Crippen molar-refractivity contribution in [1.29, 1.82) is 0 Å². The second-order valence-corrected chi connectivity index (χ2v) is 3.25. The molecule has 0 aromatic rings. The van der Waals surface area contributed by atoms with Gasteiger partial charge < -0.3 is 23.7 Å². The molecule has 0 bridgehead atoms. The number of rotatable bonds is 4. The molecule has 0 amide bonds. The zero-order valence-electron chi connectivity index (χ0n) is 12.9. The minimum atomic E-state index is -0.657. The van der Waals surface area contributed by atoms with Crippen LogP contribution in [-0.2, 0) is 23.7 Å². The summed E-state index contributed by atoms with van der Waals surface area (Å²) in [5.41, 5.74) is 0. The molecular formula is C12H28O6. The van der Waals surface area contributed by atoms with Crippen LogP contribution in [0.15, 0.2) is 0 Å².